The van der Waals surface area contributed by atoms with Crippen LogP contribution in [0.5, 0.6) is 0 Å². The van der Waals surface area contributed by atoms with Gasteiger partial charge in [0, 0.05) is 12.1 Å². The molecule has 5 nitrogen and oxygen atoms in total. The Morgan fingerprint density at radius 1 is 1.33 bits per heavy atom. The summed E-state index contributed by atoms with van der Waals surface area (Å²) < 4.78 is 0. The highest BCUT2D eigenvalue weighted by Gasteiger charge is 2.39. The van der Waals surface area contributed by atoms with Crippen LogP contribution in [0.2, 0.25) is 0 Å². The summed E-state index contributed by atoms with van der Waals surface area (Å²) in [5, 5.41) is 11.0. The Bertz CT molecular complexity index is 523. The minimum absolute atomic E-state index is 0.264. The molecule has 0 N–H and O–H groups in total. The van der Waals surface area contributed by atoms with Crippen LogP contribution in [-0.4, -0.2) is 24.2 Å². The van der Waals surface area contributed by atoms with Crippen molar-refractivity contribution >= 4 is 23.3 Å². The molecule has 0 unspecified atom stereocenters. The summed E-state index contributed by atoms with van der Waals surface area (Å²) >= 11 is 0. The Morgan fingerprint density at radius 2 is 2.00 bits per heavy atom. The van der Waals surface area contributed by atoms with Gasteiger partial charge in [0.05, 0.1) is 11.7 Å². The molecule has 0 spiro atoms. The van der Waals surface area contributed by atoms with Gasteiger partial charge in [-0.3, -0.25) is 9.59 Å². The molecule has 1 aromatic carbocycles. The van der Waals surface area contributed by atoms with Crippen molar-refractivity contribution in [2.75, 3.05) is 11.4 Å². The smallest absolute Gasteiger partial charge is 0.243 e. The fourth-order valence-electron chi connectivity index (χ4n) is 2.12. The normalized spacial score (nSPS) is 18.7. The van der Waals surface area contributed by atoms with Crippen LogP contribution in [0.3, 0.4) is 0 Å². The van der Waals surface area contributed by atoms with E-state index >= 15 is 0 Å². The first kappa shape index (κ1) is 12.3. The Hall–Kier alpha value is -2.17. The zero-order valence-electron chi connectivity index (χ0n) is 9.88. The molecule has 0 radical (unpaired) electrons. The molecule has 1 aromatic rings. The number of fused-ring (bicyclic) bond motifs is 1. The Labute approximate surface area is 104 Å². The SMILES string of the molecule is CCCN1C(=O)[C@@H](C(=O)[O-])C(=O)c2ccccc21. The van der Waals surface area contributed by atoms with Gasteiger partial charge in [-0.25, -0.2) is 0 Å². The van der Waals surface area contributed by atoms with Gasteiger partial charge < -0.3 is 14.8 Å². The third kappa shape index (κ3) is 1.77. The number of hydrogen-bond acceptors (Lipinski definition) is 4. The van der Waals surface area contributed by atoms with Crippen LogP contribution in [0, 0.1) is 5.92 Å². The van der Waals surface area contributed by atoms with E-state index in [0.29, 0.717) is 18.7 Å². The predicted octanol–water partition coefficient (Wildman–Crippen LogP) is -0.00800. The quantitative estimate of drug-likeness (QED) is 0.703. The molecule has 0 fully saturated rings. The molecule has 0 bridgehead atoms. The zero-order chi connectivity index (χ0) is 13.3. The van der Waals surface area contributed by atoms with Crippen molar-refractivity contribution in [3.8, 4) is 0 Å². The van der Waals surface area contributed by atoms with Gasteiger partial charge in [-0.1, -0.05) is 19.1 Å². The van der Waals surface area contributed by atoms with Crippen LogP contribution in [-0.2, 0) is 9.59 Å². The molecule has 0 saturated heterocycles. The maximum atomic E-state index is 12.0. The van der Waals surface area contributed by atoms with E-state index in [1.165, 1.54) is 11.0 Å². The lowest BCUT2D eigenvalue weighted by Gasteiger charge is -2.33. The van der Waals surface area contributed by atoms with Crippen molar-refractivity contribution in [1.82, 2.24) is 0 Å². The van der Waals surface area contributed by atoms with Gasteiger partial charge in [-0.15, -0.1) is 0 Å². The maximum absolute atomic E-state index is 12.0. The number of ketones is 1. The van der Waals surface area contributed by atoms with Crippen LogP contribution in [0.4, 0.5) is 5.69 Å². The Kier molecular flexibility index (Phi) is 3.14. The molecule has 0 aliphatic carbocycles. The fraction of sp³-hybridized carbons (Fsp3) is 0.308. The van der Waals surface area contributed by atoms with Crippen LogP contribution >= 0.6 is 0 Å². The molecule has 1 aliphatic heterocycles. The molecule has 18 heavy (non-hydrogen) atoms. The number of para-hydroxylation sites is 1. The van der Waals surface area contributed by atoms with Gasteiger partial charge in [0.2, 0.25) is 5.91 Å². The summed E-state index contributed by atoms with van der Waals surface area (Å²) in [6.07, 6.45) is 0.675. The van der Waals surface area contributed by atoms with Crippen LogP contribution in [0.15, 0.2) is 24.3 Å². The molecule has 5 heteroatoms. The molecule has 2 rings (SSSR count). The highest BCUT2D eigenvalue weighted by molar-refractivity contribution is 6.29. The van der Waals surface area contributed by atoms with Gasteiger partial charge in [0.15, 0.2) is 5.78 Å². The standard InChI is InChI=1S/C13H13NO4/c1-2-7-14-9-6-4-3-5-8(9)11(15)10(12(14)16)13(17)18/h3-6,10H,2,7H2,1H3,(H,17,18)/p-1/t10-/m0/s1. The zero-order valence-corrected chi connectivity index (χ0v) is 9.88. The molecule has 0 aromatic heterocycles. The van der Waals surface area contributed by atoms with Crippen molar-refractivity contribution < 1.29 is 19.5 Å². The second kappa shape index (κ2) is 4.60. The lowest BCUT2D eigenvalue weighted by molar-refractivity contribution is -0.307. The molecule has 0 saturated carbocycles. The number of carbonyl (C=O) groups is 3. The number of nitrogens with zero attached hydrogens (tertiary/aromatic N) is 1. The lowest BCUT2D eigenvalue weighted by atomic mass is 9.90. The third-order valence-electron chi connectivity index (χ3n) is 2.92. The molecule has 1 atom stereocenters. The van der Waals surface area contributed by atoms with E-state index in [0.717, 1.165) is 0 Å². The largest absolute Gasteiger partial charge is 0.549 e. The van der Waals surface area contributed by atoms with Crippen molar-refractivity contribution in [2.45, 2.75) is 13.3 Å². The number of Topliss-reactive ketones (excluding diaryl/α,β-unsaturated/α-hetero) is 1. The summed E-state index contributed by atoms with van der Waals surface area (Å²) in [6.45, 7) is 2.26. The Balaban J connectivity index is 2.56. The van der Waals surface area contributed by atoms with E-state index in [1.54, 1.807) is 18.2 Å². The molecule has 1 heterocycles. The molecule has 1 aliphatic rings. The first-order chi connectivity index (χ1) is 8.57. The summed E-state index contributed by atoms with van der Waals surface area (Å²) in [7, 11) is 0. The lowest BCUT2D eigenvalue weighted by Crippen LogP contribution is -2.52. The van der Waals surface area contributed by atoms with Gasteiger partial charge in [-0.2, -0.15) is 0 Å². The third-order valence-corrected chi connectivity index (χ3v) is 2.92. The molecular weight excluding hydrogens is 234 g/mol. The summed E-state index contributed by atoms with van der Waals surface area (Å²) in [4.78, 5) is 36.3. The number of carbonyl (C=O) groups excluding carboxylic acids is 3. The van der Waals surface area contributed by atoms with E-state index in [-0.39, 0.29) is 5.56 Å². The summed E-state index contributed by atoms with van der Waals surface area (Å²) in [6, 6.07) is 6.53. The highest BCUT2D eigenvalue weighted by Crippen LogP contribution is 2.30. The number of aliphatic carboxylic acids is 1. The maximum Gasteiger partial charge on any atom is 0.243 e. The fourth-order valence-corrected chi connectivity index (χ4v) is 2.12. The van der Waals surface area contributed by atoms with Crippen LogP contribution in [0.1, 0.15) is 23.7 Å². The summed E-state index contributed by atoms with van der Waals surface area (Å²) in [5.74, 6) is -4.75. The van der Waals surface area contributed by atoms with Crippen LogP contribution in [0.25, 0.3) is 0 Å². The van der Waals surface area contributed by atoms with E-state index in [2.05, 4.69) is 0 Å². The second-order valence-electron chi connectivity index (χ2n) is 4.12. The highest BCUT2D eigenvalue weighted by atomic mass is 16.4. The summed E-state index contributed by atoms with van der Waals surface area (Å²) in [5.41, 5.74) is 0.742. The minimum Gasteiger partial charge on any atom is -0.549 e. The van der Waals surface area contributed by atoms with E-state index < -0.39 is 23.6 Å². The second-order valence-corrected chi connectivity index (χ2v) is 4.12. The number of benzene rings is 1. The van der Waals surface area contributed by atoms with Gasteiger partial charge in [-0.05, 0) is 18.6 Å². The number of carboxylic acids is 1. The van der Waals surface area contributed by atoms with E-state index in [9.17, 15) is 19.5 Å². The number of carboxylic acid groups (broad SMARTS) is 1. The number of rotatable bonds is 3. The predicted molar refractivity (Wildman–Crippen MR) is 61.9 cm³/mol. The minimum atomic E-state index is -1.72. The van der Waals surface area contributed by atoms with Crippen molar-refractivity contribution in [3.05, 3.63) is 29.8 Å². The van der Waals surface area contributed by atoms with E-state index in [1.807, 2.05) is 6.92 Å². The van der Waals surface area contributed by atoms with Crippen molar-refractivity contribution in [1.29, 1.82) is 0 Å². The average molecular weight is 246 g/mol. The molecule has 1 amide bonds. The number of anilines is 1. The first-order valence-corrected chi connectivity index (χ1v) is 5.73. The van der Waals surface area contributed by atoms with Gasteiger partial charge in [0.25, 0.3) is 0 Å². The van der Waals surface area contributed by atoms with Gasteiger partial charge >= 0.3 is 0 Å². The average Bonchev–Trinajstić information content (AvgIpc) is 2.34. The molecular formula is C13H12NO4-. The van der Waals surface area contributed by atoms with Gasteiger partial charge in [0.1, 0.15) is 5.92 Å². The van der Waals surface area contributed by atoms with E-state index in [4.69, 9.17) is 0 Å². The molecule has 94 valence electrons. The number of amides is 1. The number of hydrogen-bond donors (Lipinski definition) is 0. The van der Waals surface area contributed by atoms with Crippen molar-refractivity contribution in [3.63, 3.8) is 0 Å². The first-order valence-electron chi connectivity index (χ1n) is 5.73. The van der Waals surface area contributed by atoms with Crippen LogP contribution < -0.4 is 10.0 Å². The van der Waals surface area contributed by atoms with Crippen molar-refractivity contribution in [2.24, 2.45) is 5.92 Å². The Morgan fingerprint density at radius 3 is 2.61 bits per heavy atom. The monoisotopic (exact) mass is 246 g/mol. The topological polar surface area (TPSA) is 77.5 Å².